The van der Waals surface area contributed by atoms with Crippen molar-refractivity contribution in [2.75, 3.05) is 18.4 Å². The van der Waals surface area contributed by atoms with Gasteiger partial charge in [-0.1, -0.05) is 29.3 Å². The molecule has 0 bridgehead atoms. The van der Waals surface area contributed by atoms with Gasteiger partial charge in [0.05, 0.1) is 15.7 Å². The molecule has 0 atom stereocenters. The Morgan fingerprint density at radius 2 is 1.90 bits per heavy atom. The van der Waals surface area contributed by atoms with E-state index in [1.165, 1.54) is 0 Å². The lowest BCUT2D eigenvalue weighted by molar-refractivity contribution is 0.256. The molecule has 0 aromatic heterocycles. The van der Waals surface area contributed by atoms with Gasteiger partial charge in [-0.15, -0.1) is 12.4 Å². The number of carbonyl (C=O) groups excluding carboxylic acids is 1. The average molecular weight is 338 g/mol. The Kier molecular flexibility index (Phi) is 6.91. The van der Waals surface area contributed by atoms with Gasteiger partial charge in [0.15, 0.2) is 5.96 Å². The summed E-state index contributed by atoms with van der Waals surface area (Å²) in [5, 5.41) is 9.06. The Morgan fingerprint density at radius 1 is 1.20 bits per heavy atom. The van der Waals surface area contributed by atoms with Crippen LogP contribution in [0.5, 0.6) is 0 Å². The van der Waals surface area contributed by atoms with Crippen LogP contribution in [0, 0.1) is 0 Å². The van der Waals surface area contributed by atoms with Crippen LogP contribution in [0.1, 0.15) is 12.8 Å². The molecule has 0 spiro atoms. The number of hydrogen-bond donors (Lipinski definition) is 3. The van der Waals surface area contributed by atoms with E-state index in [-0.39, 0.29) is 12.4 Å². The van der Waals surface area contributed by atoms with Crippen LogP contribution in [0.15, 0.2) is 23.2 Å². The summed E-state index contributed by atoms with van der Waals surface area (Å²) in [6.45, 7) is 1.50. The number of nitrogens with one attached hydrogen (secondary N) is 3. The number of para-hydroxylation sites is 1. The lowest BCUT2D eigenvalue weighted by atomic mass is 10.3. The van der Waals surface area contributed by atoms with Gasteiger partial charge in [0.1, 0.15) is 0 Å². The van der Waals surface area contributed by atoms with Crippen molar-refractivity contribution in [3.63, 3.8) is 0 Å². The summed E-state index contributed by atoms with van der Waals surface area (Å²) in [5.41, 5.74) is 0.387. The SMILES string of the molecule is Cl.O=C(NC1=NCCCCN1)Nc1c(Cl)cccc1Cl. The van der Waals surface area contributed by atoms with Gasteiger partial charge >= 0.3 is 6.03 Å². The Bertz CT molecular complexity index is 487. The van der Waals surface area contributed by atoms with E-state index in [1.807, 2.05) is 0 Å². The first-order valence-electron chi connectivity index (χ1n) is 5.97. The molecule has 0 fully saturated rings. The van der Waals surface area contributed by atoms with Crippen molar-refractivity contribution in [1.29, 1.82) is 0 Å². The minimum Gasteiger partial charge on any atom is -0.356 e. The van der Waals surface area contributed by atoms with Gasteiger partial charge in [-0.05, 0) is 25.0 Å². The Balaban J connectivity index is 0.00000200. The number of anilines is 1. The summed E-state index contributed by atoms with van der Waals surface area (Å²) < 4.78 is 0. The van der Waals surface area contributed by atoms with Crippen LogP contribution in [0.25, 0.3) is 0 Å². The van der Waals surface area contributed by atoms with Crippen LogP contribution in [-0.4, -0.2) is 25.1 Å². The van der Waals surface area contributed by atoms with E-state index in [0.717, 1.165) is 19.4 Å². The monoisotopic (exact) mass is 336 g/mol. The maximum absolute atomic E-state index is 11.8. The van der Waals surface area contributed by atoms with Crippen LogP contribution >= 0.6 is 35.6 Å². The molecule has 1 aliphatic rings. The number of hydrogen-bond acceptors (Lipinski definition) is 3. The number of urea groups is 1. The number of benzene rings is 1. The van der Waals surface area contributed by atoms with Crippen LogP contribution in [-0.2, 0) is 0 Å². The molecule has 0 saturated carbocycles. The highest BCUT2D eigenvalue weighted by Gasteiger charge is 2.11. The quantitative estimate of drug-likeness (QED) is 0.736. The highest BCUT2D eigenvalue weighted by atomic mass is 35.5. The smallest absolute Gasteiger partial charge is 0.326 e. The van der Waals surface area contributed by atoms with E-state index in [2.05, 4.69) is 20.9 Å². The third kappa shape index (κ3) is 4.74. The van der Waals surface area contributed by atoms with Crippen LogP contribution in [0.4, 0.5) is 10.5 Å². The Hall–Kier alpha value is -1.17. The normalized spacial score (nSPS) is 14.2. The molecule has 2 amide bonds. The van der Waals surface area contributed by atoms with Crippen LogP contribution in [0.3, 0.4) is 0 Å². The number of aliphatic imine (C=N–C) groups is 1. The van der Waals surface area contributed by atoms with Crippen LogP contribution in [0.2, 0.25) is 10.0 Å². The fourth-order valence-corrected chi connectivity index (χ4v) is 2.14. The predicted octanol–water partition coefficient (Wildman–Crippen LogP) is 3.28. The highest BCUT2D eigenvalue weighted by Crippen LogP contribution is 2.29. The third-order valence-electron chi connectivity index (χ3n) is 2.58. The van der Waals surface area contributed by atoms with Gasteiger partial charge in [-0.25, -0.2) is 4.79 Å². The van der Waals surface area contributed by atoms with E-state index in [4.69, 9.17) is 23.2 Å². The number of amides is 2. The van der Waals surface area contributed by atoms with E-state index in [9.17, 15) is 4.79 Å². The van der Waals surface area contributed by atoms with Crippen molar-refractivity contribution < 1.29 is 4.79 Å². The second-order valence-corrected chi connectivity index (χ2v) is 4.85. The zero-order valence-corrected chi connectivity index (χ0v) is 12.9. The number of carbonyl (C=O) groups is 1. The van der Waals surface area contributed by atoms with E-state index in [0.29, 0.717) is 28.2 Å². The number of nitrogens with zero attached hydrogens (tertiary/aromatic N) is 1. The lowest BCUT2D eigenvalue weighted by Gasteiger charge is -2.12. The summed E-state index contributed by atoms with van der Waals surface area (Å²) >= 11 is 11.9. The van der Waals surface area contributed by atoms with Crippen molar-refractivity contribution >= 4 is 53.3 Å². The molecule has 20 heavy (non-hydrogen) atoms. The summed E-state index contributed by atoms with van der Waals surface area (Å²) in [7, 11) is 0. The average Bonchev–Trinajstić information content (AvgIpc) is 2.63. The summed E-state index contributed by atoms with van der Waals surface area (Å²) in [5.74, 6) is 0.471. The molecule has 1 aromatic carbocycles. The zero-order chi connectivity index (χ0) is 13.7. The molecule has 110 valence electrons. The van der Waals surface area contributed by atoms with Crippen molar-refractivity contribution in [1.82, 2.24) is 10.6 Å². The molecule has 1 heterocycles. The minimum atomic E-state index is -0.428. The molecule has 2 rings (SSSR count). The van der Waals surface area contributed by atoms with E-state index in [1.54, 1.807) is 18.2 Å². The maximum atomic E-state index is 11.8. The van der Waals surface area contributed by atoms with E-state index < -0.39 is 6.03 Å². The van der Waals surface area contributed by atoms with Gasteiger partial charge in [-0.3, -0.25) is 10.3 Å². The molecule has 8 heteroatoms. The second kappa shape index (κ2) is 8.19. The molecule has 1 aromatic rings. The fraction of sp³-hybridized carbons (Fsp3) is 0.333. The standard InChI is InChI=1S/C12H14Cl2N4O.ClH/c13-8-4-3-5-9(14)10(8)17-12(19)18-11-15-6-1-2-7-16-11;/h3-5H,1-2,6-7H2,(H3,15,16,17,18,19);1H. The maximum Gasteiger partial charge on any atom is 0.326 e. The highest BCUT2D eigenvalue weighted by molar-refractivity contribution is 6.39. The first-order chi connectivity index (χ1) is 9.16. The molecule has 1 aliphatic heterocycles. The summed E-state index contributed by atoms with van der Waals surface area (Å²) in [6.07, 6.45) is 2.04. The summed E-state index contributed by atoms with van der Waals surface area (Å²) in [4.78, 5) is 16.1. The topological polar surface area (TPSA) is 65.5 Å². The molecular weight excluding hydrogens is 323 g/mol. The number of rotatable bonds is 1. The molecule has 0 radical (unpaired) electrons. The molecule has 0 unspecified atom stereocenters. The zero-order valence-electron chi connectivity index (χ0n) is 10.6. The molecule has 0 aliphatic carbocycles. The second-order valence-electron chi connectivity index (χ2n) is 4.04. The van der Waals surface area contributed by atoms with Crippen molar-refractivity contribution in [2.45, 2.75) is 12.8 Å². The number of guanidine groups is 1. The van der Waals surface area contributed by atoms with Gasteiger partial charge in [0.25, 0.3) is 0 Å². The third-order valence-corrected chi connectivity index (χ3v) is 3.21. The van der Waals surface area contributed by atoms with Crippen molar-refractivity contribution in [3.05, 3.63) is 28.2 Å². The minimum absolute atomic E-state index is 0. The molecular formula is C12H15Cl3N4O. The lowest BCUT2D eigenvalue weighted by Crippen LogP contribution is -2.43. The van der Waals surface area contributed by atoms with Gasteiger partial charge < -0.3 is 10.6 Å². The Labute approximate surface area is 133 Å². The molecule has 3 N–H and O–H groups in total. The van der Waals surface area contributed by atoms with Gasteiger partial charge in [0, 0.05) is 13.1 Å². The van der Waals surface area contributed by atoms with E-state index >= 15 is 0 Å². The Morgan fingerprint density at radius 3 is 2.60 bits per heavy atom. The largest absolute Gasteiger partial charge is 0.356 e. The van der Waals surface area contributed by atoms with Crippen molar-refractivity contribution in [3.8, 4) is 0 Å². The van der Waals surface area contributed by atoms with Crippen molar-refractivity contribution in [2.24, 2.45) is 4.99 Å². The molecule has 5 nitrogen and oxygen atoms in total. The predicted molar refractivity (Wildman–Crippen MR) is 85.4 cm³/mol. The number of halogens is 3. The van der Waals surface area contributed by atoms with Gasteiger partial charge in [-0.2, -0.15) is 0 Å². The fourth-order valence-electron chi connectivity index (χ4n) is 1.64. The first-order valence-corrected chi connectivity index (χ1v) is 6.73. The summed E-state index contributed by atoms with van der Waals surface area (Å²) in [6, 6.07) is 4.60. The van der Waals surface area contributed by atoms with Crippen LogP contribution < -0.4 is 16.0 Å². The molecule has 0 saturated heterocycles. The first kappa shape index (κ1) is 16.9. The van der Waals surface area contributed by atoms with Gasteiger partial charge in [0.2, 0.25) is 0 Å².